The fraction of sp³-hybridized carbons (Fsp3) is 0.474. The van der Waals surface area contributed by atoms with E-state index in [9.17, 15) is 0 Å². The molecular weight excluding hydrogens is 592 g/mol. The Balaban J connectivity index is 1.39. The molecule has 5 aromatic rings. The quantitative estimate of drug-likeness (QED) is 0.206. The van der Waals surface area contributed by atoms with Gasteiger partial charge in [0.05, 0.1) is 22.1 Å². The van der Waals surface area contributed by atoms with Crippen molar-refractivity contribution < 1.29 is 0 Å². The number of imidazole rings is 2. The summed E-state index contributed by atoms with van der Waals surface area (Å²) in [4.78, 5) is 18.1. The highest BCUT2D eigenvalue weighted by molar-refractivity contribution is 9.10. The van der Waals surface area contributed by atoms with Crippen molar-refractivity contribution in [1.82, 2.24) is 19.9 Å². The van der Waals surface area contributed by atoms with Crippen LogP contribution in [0.2, 0.25) is 0 Å². The fourth-order valence-electron chi connectivity index (χ4n) is 8.10. The maximum Gasteiger partial charge on any atom is 0.139 e. The standard InChI is InChI=1S/C38H45BrN4/c1-36(2,3)25-19-18-24(34-40-28-16-12-14-26(32(28)42-34)37(4)20-8-6-9-21-37)31(39)30(25)35-41-29-17-13-15-27(33(29)43-35)38(5)22-10-7-11-23-38/h12-19H,6-11,20-23H2,1-5H3,(H,40,42)(H,41,43). The number of benzene rings is 3. The van der Waals surface area contributed by atoms with Gasteiger partial charge >= 0.3 is 0 Å². The third kappa shape index (κ3) is 4.96. The number of nitrogens with one attached hydrogen (secondary N) is 2. The maximum absolute atomic E-state index is 5.38. The highest BCUT2D eigenvalue weighted by atomic mass is 79.9. The second kappa shape index (κ2) is 10.6. The van der Waals surface area contributed by atoms with Crippen LogP contribution in [0.15, 0.2) is 53.0 Å². The van der Waals surface area contributed by atoms with Crippen molar-refractivity contribution in [3.8, 4) is 22.8 Å². The molecule has 0 aliphatic heterocycles. The lowest BCUT2D eigenvalue weighted by molar-refractivity contribution is 0.321. The van der Waals surface area contributed by atoms with Crippen molar-refractivity contribution in [2.24, 2.45) is 0 Å². The molecule has 0 bridgehead atoms. The summed E-state index contributed by atoms with van der Waals surface area (Å²) < 4.78 is 1.04. The van der Waals surface area contributed by atoms with E-state index in [2.05, 4.69) is 109 Å². The Hall–Kier alpha value is -2.92. The zero-order valence-electron chi connectivity index (χ0n) is 26.5. The van der Waals surface area contributed by atoms with E-state index in [0.717, 1.165) is 49.3 Å². The molecule has 3 aromatic carbocycles. The predicted molar refractivity (Wildman–Crippen MR) is 184 cm³/mol. The van der Waals surface area contributed by atoms with Gasteiger partial charge in [-0.3, -0.25) is 0 Å². The van der Waals surface area contributed by atoms with Gasteiger partial charge in [0.1, 0.15) is 11.6 Å². The normalized spacial score (nSPS) is 18.8. The third-order valence-corrected chi connectivity index (χ3v) is 11.5. The summed E-state index contributed by atoms with van der Waals surface area (Å²) in [6.07, 6.45) is 12.8. The molecule has 2 aromatic heterocycles. The lowest BCUT2D eigenvalue weighted by atomic mass is 9.70. The predicted octanol–water partition coefficient (Wildman–Crippen LogP) is 11.3. The summed E-state index contributed by atoms with van der Waals surface area (Å²) in [5, 5.41) is 0. The van der Waals surface area contributed by atoms with E-state index in [4.69, 9.17) is 9.97 Å². The number of para-hydroxylation sites is 2. The van der Waals surface area contributed by atoms with E-state index in [-0.39, 0.29) is 16.2 Å². The van der Waals surface area contributed by atoms with Crippen LogP contribution in [0.3, 0.4) is 0 Å². The molecule has 7 rings (SSSR count). The van der Waals surface area contributed by atoms with Crippen LogP contribution >= 0.6 is 15.9 Å². The Morgan fingerprint density at radius 2 is 1.14 bits per heavy atom. The van der Waals surface area contributed by atoms with E-state index in [0.29, 0.717) is 0 Å². The van der Waals surface area contributed by atoms with Crippen molar-refractivity contribution >= 4 is 38.0 Å². The fourth-order valence-corrected chi connectivity index (χ4v) is 8.82. The first-order chi connectivity index (χ1) is 20.6. The average molecular weight is 638 g/mol. The van der Waals surface area contributed by atoms with Crippen molar-refractivity contribution in [3.05, 3.63) is 69.7 Å². The van der Waals surface area contributed by atoms with E-state index in [1.165, 1.54) is 80.9 Å². The van der Waals surface area contributed by atoms with Gasteiger partial charge in [0.15, 0.2) is 0 Å². The molecule has 4 nitrogen and oxygen atoms in total. The van der Waals surface area contributed by atoms with Gasteiger partial charge in [-0.1, -0.05) is 103 Å². The van der Waals surface area contributed by atoms with Gasteiger partial charge in [0.2, 0.25) is 0 Å². The van der Waals surface area contributed by atoms with Crippen molar-refractivity contribution in [3.63, 3.8) is 0 Å². The smallest absolute Gasteiger partial charge is 0.139 e. The minimum Gasteiger partial charge on any atom is -0.338 e. The summed E-state index contributed by atoms with van der Waals surface area (Å²) >= 11 is 4.10. The van der Waals surface area contributed by atoms with Crippen LogP contribution in [0, 0.1) is 0 Å². The molecule has 5 heteroatoms. The van der Waals surface area contributed by atoms with E-state index in [1.54, 1.807) is 0 Å². The third-order valence-electron chi connectivity index (χ3n) is 10.7. The molecule has 2 saturated carbocycles. The molecule has 0 spiro atoms. The Labute approximate surface area is 264 Å². The molecule has 2 aliphatic rings. The van der Waals surface area contributed by atoms with Crippen LogP contribution in [0.25, 0.3) is 44.8 Å². The Morgan fingerprint density at radius 1 is 0.651 bits per heavy atom. The van der Waals surface area contributed by atoms with Crippen LogP contribution in [0.5, 0.6) is 0 Å². The number of aromatic nitrogens is 4. The molecule has 0 amide bonds. The SMILES string of the molecule is CC(C)(C)c1ccc(-c2nc3c(C4(C)CCCCC4)cccc3[nH]2)c(Br)c1-c1nc2c(C3(C)CCCCC3)cccc2[nH]1. The first kappa shape index (κ1) is 28.8. The number of hydrogen-bond donors (Lipinski definition) is 2. The largest absolute Gasteiger partial charge is 0.338 e. The zero-order valence-corrected chi connectivity index (χ0v) is 28.0. The Kier molecular flexibility index (Phi) is 7.11. The maximum atomic E-state index is 5.38. The Bertz CT molecular complexity index is 1810. The van der Waals surface area contributed by atoms with Crippen molar-refractivity contribution in [1.29, 1.82) is 0 Å². The molecule has 224 valence electrons. The molecule has 2 fully saturated rings. The summed E-state index contributed by atoms with van der Waals surface area (Å²) in [6.45, 7) is 11.7. The minimum atomic E-state index is -0.0653. The number of fused-ring (bicyclic) bond motifs is 2. The summed E-state index contributed by atoms with van der Waals surface area (Å²) in [6, 6.07) is 17.9. The molecule has 0 saturated heterocycles. The van der Waals surface area contributed by atoms with Gasteiger partial charge in [-0.15, -0.1) is 0 Å². The number of rotatable bonds is 4. The summed E-state index contributed by atoms with van der Waals surface area (Å²) in [7, 11) is 0. The molecule has 2 N–H and O–H groups in total. The minimum absolute atomic E-state index is 0.0653. The number of nitrogens with zero attached hydrogens (tertiary/aromatic N) is 2. The highest BCUT2D eigenvalue weighted by Crippen LogP contribution is 2.46. The van der Waals surface area contributed by atoms with Gasteiger partial charge in [-0.25, -0.2) is 9.97 Å². The molecule has 2 aliphatic carbocycles. The van der Waals surface area contributed by atoms with Crippen LogP contribution in [-0.2, 0) is 16.2 Å². The zero-order chi connectivity index (χ0) is 30.0. The second-order valence-corrected chi connectivity index (χ2v) is 15.7. The molecular formula is C38H45BrN4. The molecule has 0 unspecified atom stereocenters. The van der Waals surface area contributed by atoms with Gasteiger partial charge in [-0.2, -0.15) is 0 Å². The lowest BCUT2D eigenvalue weighted by Gasteiger charge is -2.34. The monoisotopic (exact) mass is 636 g/mol. The van der Waals surface area contributed by atoms with E-state index in [1.807, 2.05) is 0 Å². The summed E-state index contributed by atoms with van der Waals surface area (Å²) in [5.41, 5.74) is 11.0. The summed E-state index contributed by atoms with van der Waals surface area (Å²) in [5.74, 6) is 1.83. The number of hydrogen-bond acceptors (Lipinski definition) is 2. The van der Waals surface area contributed by atoms with Gasteiger partial charge in [0.25, 0.3) is 0 Å². The Morgan fingerprint density at radius 3 is 1.65 bits per heavy atom. The number of halogens is 1. The van der Waals surface area contributed by atoms with Crippen LogP contribution < -0.4 is 0 Å². The molecule has 2 heterocycles. The number of H-pyrrole nitrogens is 2. The van der Waals surface area contributed by atoms with E-state index < -0.39 is 0 Å². The van der Waals surface area contributed by atoms with Crippen molar-refractivity contribution in [2.45, 2.75) is 115 Å². The van der Waals surface area contributed by atoms with Crippen LogP contribution in [0.4, 0.5) is 0 Å². The number of aromatic amines is 2. The molecule has 0 radical (unpaired) electrons. The first-order valence-corrected chi connectivity index (χ1v) is 17.2. The van der Waals surface area contributed by atoms with E-state index >= 15 is 0 Å². The lowest BCUT2D eigenvalue weighted by Crippen LogP contribution is -2.25. The second-order valence-electron chi connectivity index (χ2n) is 14.9. The van der Waals surface area contributed by atoms with Gasteiger partial charge in [-0.05, 0) is 92.7 Å². The molecule has 0 atom stereocenters. The van der Waals surface area contributed by atoms with Crippen LogP contribution in [-0.4, -0.2) is 19.9 Å². The highest BCUT2D eigenvalue weighted by Gasteiger charge is 2.33. The van der Waals surface area contributed by atoms with Gasteiger partial charge < -0.3 is 9.97 Å². The average Bonchev–Trinajstić information content (AvgIpc) is 3.61. The molecule has 43 heavy (non-hydrogen) atoms. The van der Waals surface area contributed by atoms with Crippen molar-refractivity contribution in [2.75, 3.05) is 0 Å². The topological polar surface area (TPSA) is 57.4 Å². The first-order valence-electron chi connectivity index (χ1n) is 16.4. The van der Waals surface area contributed by atoms with Crippen LogP contribution in [0.1, 0.15) is 116 Å². The van der Waals surface area contributed by atoms with Gasteiger partial charge in [0, 0.05) is 15.6 Å².